The first kappa shape index (κ1) is 16.5. The first-order chi connectivity index (χ1) is 8.40. The maximum absolute atomic E-state index is 11.9. The van der Waals surface area contributed by atoms with E-state index in [1.54, 1.807) is 0 Å². The van der Waals surface area contributed by atoms with Crippen LogP contribution >= 0.6 is 0 Å². The fourth-order valence-electron chi connectivity index (χ4n) is 2.63. The second kappa shape index (κ2) is 6.29. The van der Waals surface area contributed by atoms with Crippen molar-refractivity contribution in [1.29, 1.82) is 0 Å². The normalized spacial score (nSPS) is 30.9. The summed E-state index contributed by atoms with van der Waals surface area (Å²) in [5.74, 6) is -0.905. The van der Waals surface area contributed by atoms with E-state index in [2.05, 4.69) is 10.6 Å². The van der Waals surface area contributed by atoms with E-state index in [0.717, 1.165) is 0 Å². The fourth-order valence-corrected chi connectivity index (χ4v) is 4.90. The second-order valence-electron chi connectivity index (χ2n) is 4.76. The minimum atomic E-state index is -3.20. The van der Waals surface area contributed by atoms with Gasteiger partial charge in [0.2, 0.25) is 0 Å². The fraction of sp³-hybridized carbons (Fsp3) is 0.800. The summed E-state index contributed by atoms with van der Waals surface area (Å²) in [7, 11) is -3.20. The monoisotopic (exact) mass is 396 g/mol. The van der Waals surface area contributed by atoms with Gasteiger partial charge in [0.25, 0.3) is 0 Å². The maximum Gasteiger partial charge on any atom is 0.315 e. The molecule has 2 heterocycles. The van der Waals surface area contributed by atoms with Crippen LogP contribution in [0.25, 0.3) is 0 Å². The minimum Gasteiger partial charge on any atom is -0.481 e. The largest absolute Gasteiger partial charge is 0.481 e. The van der Waals surface area contributed by atoms with Crippen molar-refractivity contribution in [2.24, 2.45) is 0 Å². The first-order valence-electron chi connectivity index (χ1n) is 5.90. The molecule has 19 heavy (non-hydrogen) atoms. The SMILES string of the molecule is O=C(O)CCCC[C@H]1[C@H]2NC(=O)N[C@H]2CS1(=O)=O.[Sn]. The van der Waals surface area contributed by atoms with Gasteiger partial charge in [-0.15, -0.1) is 0 Å². The van der Waals surface area contributed by atoms with Gasteiger partial charge in [0.1, 0.15) is 0 Å². The van der Waals surface area contributed by atoms with E-state index in [1.807, 2.05) is 0 Å². The molecule has 0 aromatic rings. The summed E-state index contributed by atoms with van der Waals surface area (Å²) in [6.07, 6.45) is 1.44. The van der Waals surface area contributed by atoms with E-state index in [4.69, 9.17) is 5.11 Å². The van der Waals surface area contributed by atoms with Gasteiger partial charge in [0, 0.05) is 30.3 Å². The molecule has 3 atom stereocenters. The van der Waals surface area contributed by atoms with Gasteiger partial charge in [-0.25, -0.2) is 13.2 Å². The number of carbonyl (C=O) groups excluding carboxylic acids is 1. The molecule has 3 N–H and O–H groups in total. The van der Waals surface area contributed by atoms with Crippen LogP contribution in [0, 0.1) is 0 Å². The third-order valence-corrected chi connectivity index (χ3v) is 5.73. The number of hydrogen-bond acceptors (Lipinski definition) is 4. The Bertz CT molecular complexity index is 467. The van der Waals surface area contributed by atoms with E-state index < -0.39 is 21.1 Å². The molecule has 0 aromatic carbocycles. The molecule has 4 radical (unpaired) electrons. The number of amides is 2. The Balaban J connectivity index is 0.00000180. The number of rotatable bonds is 5. The third kappa shape index (κ3) is 3.74. The summed E-state index contributed by atoms with van der Waals surface area (Å²) in [4.78, 5) is 21.5. The molecule has 2 fully saturated rings. The number of hydrogen-bond donors (Lipinski definition) is 3. The summed E-state index contributed by atoms with van der Waals surface area (Å²) < 4.78 is 23.8. The van der Waals surface area contributed by atoms with Crippen LogP contribution in [0.5, 0.6) is 0 Å². The van der Waals surface area contributed by atoms with Gasteiger partial charge in [0.05, 0.1) is 23.1 Å². The molecule has 0 aliphatic carbocycles. The van der Waals surface area contributed by atoms with Gasteiger partial charge in [-0.2, -0.15) is 0 Å². The Labute approximate surface area is 128 Å². The van der Waals surface area contributed by atoms with Crippen LogP contribution in [-0.4, -0.2) is 72.5 Å². The van der Waals surface area contributed by atoms with E-state index in [-0.39, 0.29) is 54.2 Å². The molecule has 2 aliphatic heterocycles. The number of carboxylic acids is 1. The molecule has 2 saturated heterocycles. The Morgan fingerprint density at radius 3 is 2.63 bits per heavy atom. The van der Waals surface area contributed by atoms with Crippen molar-refractivity contribution in [3.8, 4) is 0 Å². The van der Waals surface area contributed by atoms with Crippen molar-refractivity contribution in [2.75, 3.05) is 5.75 Å². The molecule has 0 bridgehead atoms. The van der Waals surface area contributed by atoms with Gasteiger partial charge in [-0.1, -0.05) is 6.42 Å². The number of carboxylic acid groups (broad SMARTS) is 1. The van der Waals surface area contributed by atoms with E-state index in [0.29, 0.717) is 19.3 Å². The predicted molar refractivity (Wildman–Crippen MR) is 68.7 cm³/mol. The van der Waals surface area contributed by atoms with Crippen molar-refractivity contribution in [3.63, 3.8) is 0 Å². The Hall–Kier alpha value is -0.511. The minimum absolute atomic E-state index is 0. The predicted octanol–water partition coefficient (Wildman–Crippen LogP) is -0.902. The van der Waals surface area contributed by atoms with Crippen LogP contribution < -0.4 is 10.6 Å². The average molecular weight is 395 g/mol. The third-order valence-electron chi connectivity index (χ3n) is 3.45. The maximum atomic E-state index is 11.9. The van der Waals surface area contributed by atoms with Crippen molar-refractivity contribution in [1.82, 2.24) is 10.6 Å². The summed E-state index contributed by atoms with van der Waals surface area (Å²) in [6.45, 7) is 0. The van der Waals surface area contributed by atoms with Crippen molar-refractivity contribution < 1.29 is 23.1 Å². The molecular formula is C10H16N2O5SSn. The second-order valence-corrected chi connectivity index (χ2v) is 7.02. The summed E-state index contributed by atoms with van der Waals surface area (Å²) in [5.41, 5.74) is 0. The van der Waals surface area contributed by atoms with Crippen LogP contribution in [-0.2, 0) is 14.6 Å². The Morgan fingerprint density at radius 1 is 1.32 bits per heavy atom. The van der Waals surface area contributed by atoms with Crippen molar-refractivity contribution in [2.45, 2.75) is 43.0 Å². The molecule has 9 heteroatoms. The zero-order valence-electron chi connectivity index (χ0n) is 10.3. The zero-order valence-corrected chi connectivity index (χ0v) is 13.9. The Kier molecular flexibility index (Phi) is 5.48. The number of urea groups is 1. The van der Waals surface area contributed by atoms with E-state index in [1.165, 1.54) is 0 Å². The molecule has 2 aliphatic rings. The molecule has 0 saturated carbocycles. The molecule has 0 spiro atoms. The number of sulfone groups is 1. The average Bonchev–Trinajstić information content (AvgIpc) is 2.66. The van der Waals surface area contributed by atoms with Crippen molar-refractivity contribution >= 4 is 45.7 Å². The molecule has 2 amide bonds. The number of carbonyl (C=O) groups is 2. The number of unbranched alkanes of at least 4 members (excludes halogenated alkanes) is 1. The summed E-state index contributed by atoms with van der Waals surface area (Å²) in [5, 5.41) is 13.1. The standard InChI is InChI=1S/C10H16N2O5S.Sn/c13-8(14)4-2-1-3-7-9-6(5-18(7,16)17)11-10(15)12-9;/h6-7,9H,1-5H2,(H,13,14)(H2,11,12,15);/t6-,7-,9-;/m0./s1. The summed E-state index contributed by atoms with van der Waals surface area (Å²) >= 11 is 0. The number of aliphatic carboxylic acids is 1. The number of fused-ring (bicyclic) bond motifs is 1. The van der Waals surface area contributed by atoms with Crippen LogP contribution in [0.4, 0.5) is 4.79 Å². The van der Waals surface area contributed by atoms with Gasteiger partial charge < -0.3 is 15.7 Å². The quantitative estimate of drug-likeness (QED) is 0.317. The topological polar surface area (TPSA) is 113 Å². The van der Waals surface area contributed by atoms with Gasteiger partial charge in [-0.3, -0.25) is 4.79 Å². The molecular weight excluding hydrogens is 379 g/mol. The number of nitrogens with one attached hydrogen (secondary N) is 2. The van der Waals surface area contributed by atoms with Crippen LogP contribution in [0.1, 0.15) is 25.7 Å². The molecule has 0 aromatic heterocycles. The van der Waals surface area contributed by atoms with Crippen molar-refractivity contribution in [3.05, 3.63) is 0 Å². The van der Waals surface area contributed by atoms with Crippen LogP contribution in [0.2, 0.25) is 0 Å². The van der Waals surface area contributed by atoms with Gasteiger partial charge in [-0.05, 0) is 12.8 Å². The summed E-state index contributed by atoms with van der Waals surface area (Å²) in [6, 6.07) is -1.03. The Morgan fingerprint density at radius 2 is 2.00 bits per heavy atom. The van der Waals surface area contributed by atoms with Crippen LogP contribution in [0.3, 0.4) is 0 Å². The van der Waals surface area contributed by atoms with E-state index >= 15 is 0 Å². The van der Waals surface area contributed by atoms with E-state index in [9.17, 15) is 18.0 Å². The first-order valence-corrected chi connectivity index (χ1v) is 7.62. The molecule has 0 unspecified atom stereocenters. The molecule has 2 rings (SSSR count). The van der Waals surface area contributed by atoms with Gasteiger partial charge >= 0.3 is 12.0 Å². The van der Waals surface area contributed by atoms with Crippen LogP contribution in [0.15, 0.2) is 0 Å². The molecule has 7 nitrogen and oxygen atoms in total. The molecule has 106 valence electrons. The van der Waals surface area contributed by atoms with Gasteiger partial charge in [0.15, 0.2) is 9.84 Å². The smallest absolute Gasteiger partial charge is 0.315 e. The zero-order chi connectivity index (χ0) is 13.3.